The van der Waals surface area contributed by atoms with Crippen molar-refractivity contribution < 1.29 is 14.7 Å². The number of hydrogen-bond acceptors (Lipinski definition) is 4. The molecule has 6 nitrogen and oxygen atoms in total. The molecular formula is C12H12N2O4S. The third kappa shape index (κ3) is 3.47. The quantitative estimate of drug-likeness (QED) is 0.546. The first kappa shape index (κ1) is 13.4. The number of thioether (sulfide) groups is 1. The van der Waals surface area contributed by atoms with Crippen molar-refractivity contribution >= 4 is 34.5 Å². The number of carboxylic acid groups (broad SMARTS) is 1. The molecule has 0 fully saturated rings. The lowest BCUT2D eigenvalue weighted by molar-refractivity contribution is -0.136. The molecule has 1 heterocycles. The minimum Gasteiger partial charge on any atom is -0.481 e. The molecule has 1 aromatic carbocycles. The Kier molecular flexibility index (Phi) is 4.06. The third-order valence-corrected chi connectivity index (χ3v) is 3.49. The number of fused-ring (bicyclic) bond motifs is 1. The standard InChI is InChI=1S/C12H12N2O4S/c15-10(6-19-4-3-11(16)17)7-1-2-8-9(5-7)14-12(18)13-8/h1-2,5H,3-4,6H2,(H,16,17)(H2,13,14,18). The van der Waals surface area contributed by atoms with Crippen molar-refractivity contribution in [2.24, 2.45) is 0 Å². The molecule has 0 amide bonds. The number of rotatable bonds is 6. The van der Waals surface area contributed by atoms with Crippen molar-refractivity contribution in [1.29, 1.82) is 0 Å². The van der Waals surface area contributed by atoms with Gasteiger partial charge in [-0.2, -0.15) is 11.8 Å². The van der Waals surface area contributed by atoms with Gasteiger partial charge in [-0.1, -0.05) is 0 Å². The number of nitrogens with one attached hydrogen (secondary N) is 2. The van der Waals surface area contributed by atoms with Crippen LogP contribution in [0, 0.1) is 0 Å². The average Bonchev–Trinajstić information content (AvgIpc) is 2.73. The van der Waals surface area contributed by atoms with E-state index in [2.05, 4.69) is 9.97 Å². The number of aromatic amines is 2. The van der Waals surface area contributed by atoms with E-state index in [9.17, 15) is 14.4 Å². The number of aromatic nitrogens is 2. The summed E-state index contributed by atoms with van der Waals surface area (Å²) in [6.07, 6.45) is 0.0438. The molecule has 1 aromatic heterocycles. The van der Waals surface area contributed by atoms with Crippen LogP contribution in [0.15, 0.2) is 23.0 Å². The summed E-state index contributed by atoms with van der Waals surface area (Å²) in [5, 5.41) is 8.48. The molecule has 0 atom stereocenters. The molecule has 0 spiro atoms. The summed E-state index contributed by atoms with van der Waals surface area (Å²) in [6, 6.07) is 4.93. The molecule has 100 valence electrons. The SMILES string of the molecule is O=C(O)CCSCC(=O)c1ccc2[nH]c(=O)[nH]c2c1. The second-order valence-corrected chi connectivity index (χ2v) is 5.06. The van der Waals surface area contributed by atoms with E-state index in [1.165, 1.54) is 11.8 Å². The Balaban J connectivity index is 2.00. The molecule has 0 bridgehead atoms. The molecule has 0 aliphatic rings. The van der Waals surface area contributed by atoms with Crippen LogP contribution in [0.25, 0.3) is 11.0 Å². The Morgan fingerprint density at radius 3 is 2.68 bits per heavy atom. The number of hydrogen-bond donors (Lipinski definition) is 3. The van der Waals surface area contributed by atoms with Gasteiger partial charge in [0.05, 0.1) is 23.2 Å². The van der Waals surface area contributed by atoms with E-state index in [0.29, 0.717) is 22.3 Å². The number of H-pyrrole nitrogens is 2. The maximum Gasteiger partial charge on any atom is 0.323 e. The zero-order chi connectivity index (χ0) is 13.8. The van der Waals surface area contributed by atoms with Gasteiger partial charge in [0, 0.05) is 11.3 Å². The number of carbonyl (C=O) groups is 2. The molecule has 0 unspecified atom stereocenters. The van der Waals surface area contributed by atoms with Crippen LogP contribution in [0.1, 0.15) is 16.8 Å². The van der Waals surface area contributed by atoms with Gasteiger partial charge in [-0.15, -0.1) is 0 Å². The van der Waals surface area contributed by atoms with Crippen LogP contribution in [-0.4, -0.2) is 38.3 Å². The van der Waals surface area contributed by atoms with Crippen molar-refractivity contribution in [3.8, 4) is 0 Å². The Bertz CT molecular complexity index is 674. The van der Waals surface area contributed by atoms with Gasteiger partial charge in [0.2, 0.25) is 0 Å². The van der Waals surface area contributed by atoms with Crippen molar-refractivity contribution in [3.63, 3.8) is 0 Å². The van der Waals surface area contributed by atoms with Crippen LogP contribution in [0.5, 0.6) is 0 Å². The van der Waals surface area contributed by atoms with E-state index in [1.807, 2.05) is 0 Å². The molecule has 0 radical (unpaired) electrons. The summed E-state index contributed by atoms with van der Waals surface area (Å²) < 4.78 is 0. The minimum atomic E-state index is -0.869. The zero-order valence-corrected chi connectivity index (χ0v) is 10.8. The molecule has 19 heavy (non-hydrogen) atoms. The van der Waals surface area contributed by atoms with E-state index in [1.54, 1.807) is 18.2 Å². The number of imidazole rings is 1. The zero-order valence-electron chi connectivity index (χ0n) is 9.93. The molecule has 0 aliphatic carbocycles. The van der Waals surface area contributed by atoms with Crippen molar-refractivity contribution in [2.75, 3.05) is 11.5 Å². The highest BCUT2D eigenvalue weighted by molar-refractivity contribution is 8.00. The first-order chi connectivity index (χ1) is 9.06. The average molecular weight is 280 g/mol. The smallest absolute Gasteiger partial charge is 0.323 e. The van der Waals surface area contributed by atoms with Crippen LogP contribution < -0.4 is 5.69 Å². The lowest BCUT2D eigenvalue weighted by Crippen LogP contribution is -2.04. The summed E-state index contributed by atoms with van der Waals surface area (Å²) in [7, 11) is 0. The predicted molar refractivity (Wildman–Crippen MR) is 72.8 cm³/mol. The van der Waals surface area contributed by atoms with Gasteiger partial charge in [-0.25, -0.2) is 4.79 Å². The summed E-state index contributed by atoms with van der Waals surface area (Å²) >= 11 is 1.29. The monoisotopic (exact) mass is 280 g/mol. The first-order valence-corrected chi connectivity index (χ1v) is 6.76. The van der Waals surface area contributed by atoms with Crippen LogP contribution in [0.2, 0.25) is 0 Å². The maximum atomic E-state index is 11.9. The van der Waals surface area contributed by atoms with Crippen LogP contribution in [0.4, 0.5) is 0 Å². The van der Waals surface area contributed by atoms with Crippen molar-refractivity contribution in [3.05, 3.63) is 34.2 Å². The van der Waals surface area contributed by atoms with Crippen LogP contribution in [0.3, 0.4) is 0 Å². The predicted octanol–water partition coefficient (Wildman–Crippen LogP) is 1.25. The van der Waals surface area contributed by atoms with E-state index < -0.39 is 5.97 Å². The first-order valence-electron chi connectivity index (χ1n) is 5.61. The van der Waals surface area contributed by atoms with Crippen molar-refractivity contribution in [2.45, 2.75) is 6.42 Å². The van der Waals surface area contributed by atoms with Gasteiger partial charge in [-0.3, -0.25) is 9.59 Å². The maximum absolute atomic E-state index is 11.9. The number of benzene rings is 1. The number of carbonyl (C=O) groups excluding carboxylic acids is 1. The molecular weight excluding hydrogens is 268 g/mol. The largest absolute Gasteiger partial charge is 0.481 e. The highest BCUT2D eigenvalue weighted by Gasteiger charge is 2.08. The minimum absolute atomic E-state index is 0.0438. The normalized spacial score (nSPS) is 10.7. The Morgan fingerprint density at radius 1 is 1.21 bits per heavy atom. The fourth-order valence-corrected chi connectivity index (χ4v) is 2.43. The fraction of sp³-hybridized carbons (Fsp3) is 0.250. The van der Waals surface area contributed by atoms with Crippen LogP contribution in [-0.2, 0) is 4.79 Å². The second kappa shape index (κ2) is 5.75. The lowest BCUT2D eigenvalue weighted by atomic mass is 10.1. The topological polar surface area (TPSA) is 103 Å². The van der Waals surface area contributed by atoms with Gasteiger partial charge < -0.3 is 15.1 Å². The summed E-state index contributed by atoms with van der Waals surface area (Å²) in [6.45, 7) is 0. The van der Waals surface area contributed by atoms with Gasteiger partial charge in [0.15, 0.2) is 5.78 Å². The van der Waals surface area contributed by atoms with Crippen LogP contribution >= 0.6 is 11.8 Å². The Morgan fingerprint density at radius 2 is 1.95 bits per heavy atom. The Hall–Kier alpha value is -2.02. The molecule has 3 N–H and O–H groups in total. The second-order valence-electron chi connectivity index (χ2n) is 3.96. The highest BCUT2D eigenvalue weighted by atomic mass is 32.2. The number of carboxylic acids is 1. The molecule has 2 rings (SSSR count). The molecule has 2 aromatic rings. The Labute approximate surface area is 112 Å². The molecule has 7 heteroatoms. The molecule has 0 aliphatic heterocycles. The van der Waals surface area contributed by atoms with E-state index >= 15 is 0 Å². The summed E-state index contributed by atoms with van der Waals surface area (Å²) in [5.74, 6) is -0.316. The van der Waals surface area contributed by atoms with Gasteiger partial charge in [-0.05, 0) is 18.2 Å². The molecule has 0 saturated heterocycles. The number of aliphatic carboxylic acids is 1. The lowest BCUT2D eigenvalue weighted by Gasteiger charge is -2.00. The number of ketones is 1. The fourth-order valence-electron chi connectivity index (χ4n) is 1.61. The van der Waals surface area contributed by atoms with E-state index in [-0.39, 0.29) is 23.6 Å². The highest BCUT2D eigenvalue weighted by Crippen LogP contribution is 2.13. The number of Topliss-reactive ketones (excluding diaryl/α,β-unsaturated/α-hetero) is 1. The van der Waals surface area contributed by atoms with E-state index in [0.717, 1.165) is 0 Å². The summed E-state index contributed by atoms with van der Waals surface area (Å²) in [5.41, 5.74) is 1.44. The van der Waals surface area contributed by atoms with Gasteiger partial charge in [0.1, 0.15) is 0 Å². The van der Waals surface area contributed by atoms with Gasteiger partial charge in [0.25, 0.3) is 0 Å². The summed E-state index contributed by atoms with van der Waals surface area (Å²) in [4.78, 5) is 38.5. The van der Waals surface area contributed by atoms with E-state index in [4.69, 9.17) is 5.11 Å². The third-order valence-electron chi connectivity index (χ3n) is 2.53. The van der Waals surface area contributed by atoms with Gasteiger partial charge >= 0.3 is 11.7 Å². The van der Waals surface area contributed by atoms with Crippen molar-refractivity contribution in [1.82, 2.24) is 9.97 Å². The molecule has 0 saturated carbocycles.